The molecule has 6 nitrogen and oxygen atoms in total. The Hall–Kier alpha value is -3.84. The molecule has 0 fully saturated rings. The molecular weight excluding hydrogens is 455 g/mol. The van der Waals surface area contributed by atoms with Crippen molar-refractivity contribution in [2.45, 2.75) is 17.6 Å². The van der Waals surface area contributed by atoms with E-state index in [9.17, 15) is 26.4 Å². The van der Waals surface area contributed by atoms with Crippen LogP contribution in [0, 0.1) is 11.3 Å². The second kappa shape index (κ2) is 9.34. The molecule has 3 rings (SSSR count). The molecule has 0 aromatic heterocycles. The number of carbonyl (C=O) groups is 1. The number of alkyl halides is 3. The van der Waals surface area contributed by atoms with E-state index in [0.717, 1.165) is 23.8 Å². The van der Waals surface area contributed by atoms with Gasteiger partial charge in [0.25, 0.3) is 15.9 Å². The SMILES string of the molecule is CN(Cc1ccc(C#N)cc1)C(=O)c1ccccc1NS(=O)(=O)c1cccc(C(F)(F)F)c1. The molecular formula is C23H18F3N3O3S. The van der Waals surface area contributed by atoms with Crippen LogP contribution in [-0.2, 0) is 22.7 Å². The lowest BCUT2D eigenvalue weighted by Crippen LogP contribution is -2.27. The van der Waals surface area contributed by atoms with Crippen molar-refractivity contribution in [3.63, 3.8) is 0 Å². The van der Waals surface area contributed by atoms with Crippen LogP contribution in [0.1, 0.15) is 27.0 Å². The van der Waals surface area contributed by atoms with Gasteiger partial charge in [0.2, 0.25) is 0 Å². The van der Waals surface area contributed by atoms with Crippen LogP contribution in [0.3, 0.4) is 0 Å². The molecule has 10 heteroatoms. The quantitative estimate of drug-likeness (QED) is 0.564. The van der Waals surface area contributed by atoms with E-state index in [2.05, 4.69) is 4.72 Å². The number of carbonyl (C=O) groups excluding carboxylic acids is 1. The molecule has 1 N–H and O–H groups in total. The van der Waals surface area contributed by atoms with Gasteiger partial charge in [-0.15, -0.1) is 0 Å². The molecule has 0 radical (unpaired) electrons. The van der Waals surface area contributed by atoms with E-state index >= 15 is 0 Å². The summed E-state index contributed by atoms with van der Waals surface area (Å²) in [5.41, 5.74) is 0.0987. The summed E-state index contributed by atoms with van der Waals surface area (Å²) in [5.74, 6) is -0.498. The van der Waals surface area contributed by atoms with Crippen LogP contribution in [0.4, 0.5) is 18.9 Å². The minimum atomic E-state index is -4.70. The van der Waals surface area contributed by atoms with Gasteiger partial charge >= 0.3 is 6.18 Å². The highest BCUT2D eigenvalue weighted by Crippen LogP contribution is 2.31. The molecule has 3 aromatic carbocycles. The van der Waals surface area contributed by atoms with Crippen molar-refractivity contribution < 1.29 is 26.4 Å². The van der Waals surface area contributed by atoms with Crippen LogP contribution < -0.4 is 4.72 Å². The zero-order valence-corrected chi connectivity index (χ0v) is 18.1. The summed E-state index contributed by atoms with van der Waals surface area (Å²) < 4.78 is 66.7. The molecule has 0 aliphatic heterocycles. The van der Waals surface area contributed by atoms with Gasteiger partial charge in [0.1, 0.15) is 0 Å². The number of anilines is 1. The molecule has 170 valence electrons. The number of para-hydroxylation sites is 1. The molecule has 0 unspecified atom stereocenters. The van der Waals surface area contributed by atoms with E-state index in [1.165, 1.54) is 30.1 Å². The smallest absolute Gasteiger partial charge is 0.337 e. The van der Waals surface area contributed by atoms with E-state index in [1.54, 1.807) is 30.3 Å². The maximum atomic E-state index is 13.0. The van der Waals surface area contributed by atoms with Gasteiger partial charge in [-0.1, -0.05) is 30.3 Å². The zero-order valence-electron chi connectivity index (χ0n) is 17.3. The van der Waals surface area contributed by atoms with E-state index in [4.69, 9.17) is 5.26 Å². The maximum Gasteiger partial charge on any atom is 0.416 e. The number of benzene rings is 3. The molecule has 33 heavy (non-hydrogen) atoms. The van der Waals surface area contributed by atoms with Gasteiger partial charge in [0.05, 0.1) is 33.3 Å². The van der Waals surface area contributed by atoms with Crippen LogP contribution in [0.15, 0.2) is 77.7 Å². The Morgan fingerprint density at radius 1 is 1.03 bits per heavy atom. The monoisotopic (exact) mass is 473 g/mol. The fourth-order valence-corrected chi connectivity index (χ4v) is 4.16. The topological polar surface area (TPSA) is 90.3 Å². The molecule has 0 atom stereocenters. The number of hydrogen-bond donors (Lipinski definition) is 1. The number of nitriles is 1. The van der Waals surface area contributed by atoms with Gasteiger partial charge in [-0.25, -0.2) is 8.42 Å². The molecule has 0 saturated heterocycles. The van der Waals surface area contributed by atoms with Crippen molar-refractivity contribution in [3.05, 3.63) is 95.1 Å². The Morgan fingerprint density at radius 2 is 1.70 bits per heavy atom. The lowest BCUT2D eigenvalue weighted by atomic mass is 10.1. The van der Waals surface area contributed by atoms with Crippen LogP contribution >= 0.6 is 0 Å². The van der Waals surface area contributed by atoms with Gasteiger partial charge in [0.15, 0.2) is 0 Å². The summed E-state index contributed by atoms with van der Waals surface area (Å²) in [5, 5.41) is 8.88. The third kappa shape index (κ3) is 5.70. The second-order valence-electron chi connectivity index (χ2n) is 7.15. The van der Waals surface area contributed by atoms with Crippen LogP contribution in [0.5, 0.6) is 0 Å². The predicted octanol–water partition coefficient (Wildman–Crippen LogP) is 4.65. The van der Waals surface area contributed by atoms with Crippen molar-refractivity contribution in [2.24, 2.45) is 0 Å². The first-order valence-corrected chi connectivity index (χ1v) is 11.0. The first-order chi connectivity index (χ1) is 15.5. The second-order valence-corrected chi connectivity index (χ2v) is 8.83. The van der Waals surface area contributed by atoms with Gasteiger partial charge in [-0.2, -0.15) is 18.4 Å². The highest BCUT2D eigenvalue weighted by molar-refractivity contribution is 7.92. The molecule has 1 amide bonds. The Bertz CT molecular complexity index is 1320. The van der Waals surface area contributed by atoms with Crippen LogP contribution in [0.2, 0.25) is 0 Å². The van der Waals surface area contributed by atoms with Crippen molar-refractivity contribution in [1.82, 2.24) is 4.90 Å². The summed E-state index contributed by atoms with van der Waals surface area (Å²) in [6.07, 6.45) is -4.70. The van der Waals surface area contributed by atoms with Gasteiger partial charge in [-0.3, -0.25) is 9.52 Å². The number of hydrogen-bond acceptors (Lipinski definition) is 4. The number of nitrogens with one attached hydrogen (secondary N) is 1. The Labute approximate surface area is 188 Å². The Balaban J connectivity index is 1.85. The summed E-state index contributed by atoms with van der Waals surface area (Å²) in [6, 6.07) is 17.8. The molecule has 0 heterocycles. The molecule has 3 aromatic rings. The lowest BCUT2D eigenvalue weighted by molar-refractivity contribution is -0.137. The maximum absolute atomic E-state index is 13.0. The van der Waals surface area contributed by atoms with Crippen molar-refractivity contribution in [1.29, 1.82) is 5.26 Å². The Kier molecular flexibility index (Phi) is 6.74. The van der Waals surface area contributed by atoms with E-state index < -0.39 is 32.6 Å². The summed E-state index contributed by atoms with van der Waals surface area (Å²) in [7, 11) is -2.87. The largest absolute Gasteiger partial charge is 0.416 e. The fourth-order valence-electron chi connectivity index (χ4n) is 3.04. The van der Waals surface area contributed by atoms with E-state index in [0.29, 0.717) is 11.6 Å². The van der Waals surface area contributed by atoms with Gasteiger partial charge < -0.3 is 4.90 Å². The summed E-state index contributed by atoms with van der Waals surface area (Å²) >= 11 is 0. The minimum absolute atomic E-state index is 0.0317. The molecule has 0 spiro atoms. The normalized spacial score (nSPS) is 11.5. The van der Waals surface area contributed by atoms with Crippen molar-refractivity contribution in [2.75, 3.05) is 11.8 Å². The van der Waals surface area contributed by atoms with Gasteiger partial charge in [0, 0.05) is 13.6 Å². The van der Waals surface area contributed by atoms with E-state index in [-0.39, 0.29) is 17.8 Å². The predicted molar refractivity (Wildman–Crippen MR) is 116 cm³/mol. The number of nitrogens with zero attached hydrogens (tertiary/aromatic N) is 2. The Morgan fingerprint density at radius 3 is 2.33 bits per heavy atom. The van der Waals surface area contributed by atoms with Crippen molar-refractivity contribution in [3.8, 4) is 6.07 Å². The standard InChI is InChI=1S/C23H18F3N3O3S/c1-29(15-17-11-9-16(14-27)10-12-17)22(30)20-7-2-3-8-21(20)28-33(31,32)19-6-4-5-18(13-19)23(24,25)26/h2-13,28H,15H2,1H3. The molecule has 0 saturated carbocycles. The zero-order chi connectivity index (χ0) is 24.2. The average Bonchev–Trinajstić information content (AvgIpc) is 2.79. The third-order valence-corrected chi connectivity index (χ3v) is 6.09. The molecule has 0 aliphatic rings. The lowest BCUT2D eigenvalue weighted by Gasteiger charge is -2.20. The van der Waals surface area contributed by atoms with Crippen LogP contribution in [0.25, 0.3) is 0 Å². The fraction of sp³-hybridized carbons (Fsp3) is 0.130. The first-order valence-electron chi connectivity index (χ1n) is 9.55. The average molecular weight is 473 g/mol. The van der Waals surface area contributed by atoms with Crippen LogP contribution in [-0.4, -0.2) is 26.3 Å². The first kappa shape index (κ1) is 23.8. The highest BCUT2D eigenvalue weighted by atomic mass is 32.2. The highest BCUT2D eigenvalue weighted by Gasteiger charge is 2.32. The molecule has 0 bridgehead atoms. The van der Waals surface area contributed by atoms with E-state index in [1.807, 2.05) is 6.07 Å². The summed E-state index contributed by atoms with van der Waals surface area (Å²) in [6.45, 7) is 0.194. The number of amides is 1. The van der Waals surface area contributed by atoms with Crippen molar-refractivity contribution >= 4 is 21.6 Å². The number of sulfonamides is 1. The van der Waals surface area contributed by atoms with Gasteiger partial charge in [-0.05, 0) is 48.0 Å². The number of rotatable bonds is 6. The molecule has 0 aliphatic carbocycles. The third-order valence-electron chi connectivity index (χ3n) is 4.72. The number of halogens is 3. The summed E-state index contributed by atoms with van der Waals surface area (Å²) in [4.78, 5) is 13.8. The minimum Gasteiger partial charge on any atom is -0.337 e.